The molecule has 0 aromatic rings. The lowest BCUT2D eigenvalue weighted by atomic mass is 9.91. The molecule has 0 saturated heterocycles. The van der Waals surface area contributed by atoms with Crippen LogP contribution in [0.3, 0.4) is 0 Å². The fraction of sp³-hybridized carbons (Fsp3) is 0.727. The zero-order chi connectivity index (χ0) is 14.2. The van der Waals surface area contributed by atoms with Gasteiger partial charge in [-0.15, -0.1) is 6.58 Å². The Labute approximate surface area is 107 Å². The topological polar surface area (TPSA) is 104 Å². The van der Waals surface area contributed by atoms with Gasteiger partial charge in [0.1, 0.15) is 5.60 Å². The van der Waals surface area contributed by atoms with Crippen molar-refractivity contribution >= 4 is 13.6 Å². The van der Waals surface area contributed by atoms with Crippen molar-refractivity contribution in [3.63, 3.8) is 0 Å². The summed E-state index contributed by atoms with van der Waals surface area (Å²) in [6, 6.07) is 0. The van der Waals surface area contributed by atoms with Gasteiger partial charge in [-0.2, -0.15) is 0 Å². The molecule has 0 saturated carbocycles. The predicted octanol–water partition coefficient (Wildman–Crippen LogP) is 1.55. The molecule has 0 rings (SSSR count). The molecule has 1 atom stereocenters. The van der Waals surface area contributed by atoms with Gasteiger partial charge in [-0.05, 0) is 6.42 Å². The summed E-state index contributed by atoms with van der Waals surface area (Å²) in [6.45, 7) is 4.66. The van der Waals surface area contributed by atoms with Crippen molar-refractivity contribution in [2.24, 2.45) is 0 Å². The van der Waals surface area contributed by atoms with Gasteiger partial charge in [0.05, 0.1) is 6.61 Å². The van der Waals surface area contributed by atoms with Crippen molar-refractivity contribution in [1.29, 1.82) is 0 Å². The summed E-state index contributed by atoms with van der Waals surface area (Å²) in [4.78, 5) is 28.9. The molecule has 7 heteroatoms. The highest BCUT2D eigenvalue weighted by Crippen LogP contribution is 2.37. The number of carbonyl (C=O) groups is 1. The monoisotopic (exact) mass is 280 g/mol. The third kappa shape index (κ3) is 7.03. The van der Waals surface area contributed by atoms with Crippen LogP contribution in [0.2, 0.25) is 0 Å². The Morgan fingerprint density at radius 1 is 1.44 bits per heavy atom. The fourth-order valence-corrected chi connectivity index (χ4v) is 1.85. The van der Waals surface area contributed by atoms with Gasteiger partial charge >= 0.3 is 7.82 Å². The quantitative estimate of drug-likeness (QED) is 0.318. The van der Waals surface area contributed by atoms with E-state index in [1.54, 1.807) is 0 Å². The molecule has 3 N–H and O–H groups in total. The molecular formula is C11H21O6P. The molecule has 0 aliphatic carbocycles. The van der Waals surface area contributed by atoms with E-state index in [1.807, 2.05) is 6.92 Å². The average Bonchev–Trinajstić information content (AvgIpc) is 2.26. The zero-order valence-corrected chi connectivity index (χ0v) is 11.4. The maximum absolute atomic E-state index is 11.7. The third-order valence-corrected chi connectivity index (χ3v) is 2.98. The molecule has 0 heterocycles. The Kier molecular flexibility index (Phi) is 7.59. The summed E-state index contributed by atoms with van der Waals surface area (Å²) in [7, 11) is -4.70. The molecule has 0 radical (unpaired) electrons. The van der Waals surface area contributed by atoms with Crippen molar-refractivity contribution in [3.05, 3.63) is 12.7 Å². The van der Waals surface area contributed by atoms with E-state index in [0.29, 0.717) is 6.42 Å². The van der Waals surface area contributed by atoms with Crippen LogP contribution in [0.5, 0.6) is 0 Å². The second-order valence-corrected chi connectivity index (χ2v) is 5.41. The van der Waals surface area contributed by atoms with Crippen LogP contribution in [0, 0.1) is 0 Å². The van der Waals surface area contributed by atoms with E-state index < -0.39 is 25.8 Å². The van der Waals surface area contributed by atoms with Crippen molar-refractivity contribution in [2.75, 3.05) is 6.61 Å². The van der Waals surface area contributed by atoms with Crippen LogP contribution < -0.4 is 0 Å². The molecule has 6 nitrogen and oxygen atoms in total. The van der Waals surface area contributed by atoms with Crippen molar-refractivity contribution in [2.45, 2.75) is 44.6 Å². The second kappa shape index (κ2) is 7.81. The summed E-state index contributed by atoms with van der Waals surface area (Å²) >= 11 is 0. The number of ketones is 1. The number of Topliss-reactive ketones (excluding diaryl/α,β-unsaturated/α-hetero) is 1. The Morgan fingerprint density at radius 2 is 2.06 bits per heavy atom. The van der Waals surface area contributed by atoms with Gasteiger partial charge in [-0.1, -0.05) is 32.3 Å². The van der Waals surface area contributed by atoms with Gasteiger partial charge in [0.2, 0.25) is 0 Å². The first-order valence-corrected chi connectivity index (χ1v) is 7.35. The average molecular weight is 280 g/mol. The van der Waals surface area contributed by atoms with Crippen molar-refractivity contribution in [1.82, 2.24) is 0 Å². The molecule has 0 amide bonds. The maximum Gasteiger partial charge on any atom is 0.469 e. The minimum atomic E-state index is -4.70. The molecule has 1 unspecified atom stereocenters. The van der Waals surface area contributed by atoms with Crippen LogP contribution in [0.25, 0.3) is 0 Å². The summed E-state index contributed by atoms with van der Waals surface area (Å²) < 4.78 is 14.9. The first-order chi connectivity index (χ1) is 8.25. The van der Waals surface area contributed by atoms with E-state index in [2.05, 4.69) is 11.1 Å². The van der Waals surface area contributed by atoms with E-state index in [9.17, 15) is 14.5 Å². The number of hydrogen-bond acceptors (Lipinski definition) is 4. The summed E-state index contributed by atoms with van der Waals surface area (Å²) in [5, 5.41) is 10.1. The molecule has 106 valence electrons. The van der Waals surface area contributed by atoms with Crippen LogP contribution in [0.4, 0.5) is 0 Å². The van der Waals surface area contributed by atoms with E-state index in [0.717, 1.165) is 12.8 Å². The Hall–Kier alpha value is -0.520. The van der Waals surface area contributed by atoms with E-state index in [-0.39, 0.29) is 12.8 Å². The van der Waals surface area contributed by atoms with Gasteiger partial charge in [0.15, 0.2) is 5.78 Å². The summed E-state index contributed by atoms with van der Waals surface area (Å²) in [5.74, 6) is -0.540. The molecule has 0 aromatic carbocycles. The highest BCUT2D eigenvalue weighted by atomic mass is 31.2. The number of hydrogen-bond donors (Lipinski definition) is 3. The van der Waals surface area contributed by atoms with E-state index in [1.165, 1.54) is 6.08 Å². The summed E-state index contributed by atoms with van der Waals surface area (Å²) in [5.41, 5.74) is -1.86. The lowest BCUT2D eigenvalue weighted by Gasteiger charge is -2.26. The van der Waals surface area contributed by atoms with Gasteiger partial charge in [-0.25, -0.2) is 4.57 Å². The van der Waals surface area contributed by atoms with Gasteiger partial charge in [0, 0.05) is 6.42 Å². The largest absolute Gasteiger partial charge is 0.469 e. The number of unbranched alkanes of at least 4 members (excludes halogenated alkanes) is 2. The highest BCUT2D eigenvalue weighted by Gasteiger charge is 2.36. The Bertz CT molecular complexity index is 323. The van der Waals surface area contributed by atoms with E-state index >= 15 is 0 Å². The second-order valence-electron chi connectivity index (χ2n) is 4.17. The fourth-order valence-electron chi connectivity index (χ4n) is 1.47. The van der Waals surface area contributed by atoms with Crippen molar-refractivity contribution in [3.8, 4) is 0 Å². The number of phosphoric acid groups is 1. The number of phosphoric ester groups is 1. The summed E-state index contributed by atoms with van der Waals surface area (Å²) in [6.07, 6.45) is 3.70. The number of allylic oxidation sites excluding steroid dienone is 1. The lowest BCUT2D eigenvalue weighted by Crippen LogP contribution is -2.42. The predicted molar refractivity (Wildman–Crippen MR) is 66.9 cm³/mol. The Morgan fingerprint density at radius 3 is 2.50 bits per heavy atom. The van der Waals surface area contributed by atoms with Crippen LogP contribution >= 0.6 is 7.82 Å². The zero-order valence-electron chi connectivity index (χ0n) is 10.5. The van der Waals surface area contributed by atoms with Crippen LogP contribution in [0.1, 0.15) is 39.0 Å². The molecule has 0 spiro atoms. The SMILES string of the molecule is C=CCC(=O)C(O)(CCCCC)COP(=O)(O)O. The number of rotatable bonds is 10. The number of carbonyl (C=O) groups excluding carboxylic acids is 1. The van der Waals surface area contributed by atoms with Crippen LogP contribution in [-0.4, -0.2) is 32.9 Å². The van der Waals surface area contributed by atoms with Gasteiger partial charge < -0.3 is 14.9 Å². The first-order valence-electron chi connectivity index (χ1n) is 5.82. The lowest BCUT2D eigenvalue weighted by molar-refractivity contribution is -0.141. The van der Waals surface area contributed by atoms with Crippen LogP contribution in [-0.2, 0) is 13.9 Å². The molecule has 0 bridgehead atoms. The molecule has 18 heavy (non-hydrogen) atoms. The highest BCUT2D eigenvalue weighted by molar-refractivity contribution is 7.46. The molecule has 0 aliphatic heterocycles. The molecular weight excluding hydrogens is 259 g/mol. The first kappa shape index (κ1) is 17.5. The third-order valence-electron chi connectivity index (χ3n) is 2.51. The molecule has 0 aromatic heterocycles. The van der Waals surface area contributed by atoms with Crippen LogP contribution in [0.15, 0.2) is 12.7 Å². The molecule has 0 aliphatic rings. The maximum atomic E-state index is 11.7. The smallest absolute Gasteiger partial charge is 0.380 e. The Balaban J connectivity index is 4.62. The normalized spacial score (nSPS) is 15.1. The molecule has 0 fully saturated rings. The minimum Gasteiger partial charge on any atom is -0.380 e. The van der Waals surface area contributed by atoms with Crippen molar-refractivity contribution < 1.29 is 28.8 Å². The number of aliphatic hydroxyl groups is 1. The van der Waals surface area contributed by atoms with E-state index in [4.69, 9.17) is 9.79 Å². The minimum absolute atomic E-state index is 0.0624. The van der Waals surface area contributed by atoms with Gasteiger partial charge in [0.25, 0.3) is 0 Å². The standard InChI is InChI=1S/C11H21O6P/c1-3-5-6-8-11(13,10(12)7-4-2)9-17-18(14,15)16/h4,13H,2-3,5-9H2,1H3,(H2,14,15,16). The van der Waals surface area contributed by atoms with Gasteiger partial charge in [-0.3, -0.25) is 9.32 Å².